The monoisotopic (exact) mass is 294 g/mol. The molecule has 0 aliphatic rings. The molecule has 0 saturated heterocycles. The normalized spacial score (nSPS) is 20.8. The van der Waals surface area contributed by atoms with Crippen LogP contribution in [-0.2, 0) is 0 Å². The SMILES string of the molecule is CC(C)C(C)(I)C(C)C(F)(F)F. The maximum absolute atomic E-state index is 12.3. The first-order chi connectivity index (χ1) is 5.10. The van der Waals surface area contributed by atoms with Gasteiger partial charge in [-0.25, -0.2) is 0 Å². The molecule has 0 aromatic rings. The number of halogens is 4. The molecule has 0 saturated carbocycles. The van der Waals surface area contributed by atoms with E-state index < -0.39 is 15.5 Å². The Bertz CT molecular complexity index is 149. The molecular weight excluding hydrogens is 280 g/mol. The highest BCUT2D eigenvalue weighted by Crippen LogP contribution is 2.43. The van der Waals surface area contributed by atoms with Crippen LogP contribution in [0, 0.1) is 11.8 Å². The molecule has 0 radical (unpaired) electrons. The van der Waals surface area contributed by atoms with Gasteiger partial charge in [0.15, 0.2) is 0 Å². The second kappa shape index (κ2) is 3.72. The van der Waals surface area contributed by atoms with Crippen LogP contribution in [0.5, 0.6) is 0 Å². The molecule has 0 aromatic carbocycles. The van der Waals surface area contributed by atoms with Gasteiger partial charge in [0.25, 0.3) is 0 Å². The Morgan fingerprint density at radius 2 is 1.42 bits per heavy atom. The molecule has 0 rings (SSSR count). The molecule has 2 atom stereocenters. The standard InChI is InChI=1S/C8H14F3I/c1-5(2)7(4,12)6(3)8(9,10)11/h5-6H,1-4H3. The molecule has 0 aliphatic heterocycles. The summed E-state index contributed by atoms with van der Waals surface area (Å²) in [5.74, 6) is -1.24. The quantitative estimate of drug-likeness (QED) is 0.533. The Balaban J connectivity index is 4.57. The van der Waals surface area contributed by atoms with E-state index in [1.165, 1.54) is 6.92 Å². The zero-order chi connectivity index (χ0) is 10.2. The number of alkyl halides is 4. The molecule has 0 fully saturated rings. The van der Waals surface area contributed by atoms with Crippen molar-refractivity contribution in [2.75, 3.05) is 0 Å². The Morgan fingerprint density at radius 1 is 1.08 bits per heavy atom. The molecule has 2 unspecified atom stereocenters. The van der Waals surface area contributed by atoms with Crippen LogP contribution in [0.25, 0.3) is 0 Å². The predicted molar refractivity (Wildman–Crippen MR) is 52.5 cm³/mol. The third kappa shape index (κ3) is 2.78. The summed E-state index contributed by atoms with van der Waals surface area (Å²) in [7, 11) is 0. The fourth-order valence-corrected chi connectivity index (χ4v) is 1.17. The summed E-state index contributed by atoms with van der Waals surface area (Å²) in [5, 5.41) is 0. The average molecular weight is 294 g/mol. The van der Waals surface area contributed by atoms with E-state index in [4.69, 9.17) is 0 Å². The molecular formula is C8H14F3I. The van der Waals surface area contributed by atoms with Crippen molar-refractivity contribution < 1.29 is 13.2 Å². The molecule has 12 heavy (non-hydrogen) atoms. The topological polar surface area (TPSA) is 0 Å². The lowest BCUT2D eigenvalue weighted by molar-refractivity contribution is -0.178. The minimum Gasteiger partial charge on any atom is -0.171 e. The average Bonchev–Trinajstić information content (AvgIpc) is 1.83. The summed E-state index contributed by atoms with van der Waals surface area (Å²) in [6, 6.07) is 0. The second-order valence-electron chi connectivity index (χ2n) is 3.57. The molecule has 0 amide bonds. The maximum atomic E-state index is 12.3. The van der Waals surface area contributed by atoms with Gasteiger partial charge in [0.05, 0.1) is 5.92 Å². The van der Waals surface area contributed by atoms with Crippen LogP contribution >= 0.6 is 22.6 Å². The first-order valence-corrected chi connectivity index (χ1v) is 4.93. The van der Waals surface area contributed by atoms with Gasteiger partial charge in [-0.3, -0.25) is 0 Å². The summed E-state index contributed by atoms with van der Waals surface area (Å²) in [6.45, 7) is 6.52. The van der Waals surface area contributed by atoms with Crippen LogP contribution in [0.2, 0.25) is 0 Å². The van der Waals surface area contributed by atoms with Crippen molar-refractivity contribution >= 4 is 22.6 Å². The lowest BCUT2D eigenvalue weighted by Crippen LogP contribution is -2.40. The second-order valence-corrected chi connectivity index (χ2v) is 5.89. The van der Waals surface area contributed by atoms with E-state index in [9.17, 15) is 13.2 Å². The van der Waals surface area contributed by atoms with Crippen LogP contribution in [0.15, 0.2) is 0 Å². The summed E-state index contributed by atoms with van der Waals surface area (Å²) >= 11 is 1.90. The summed E-state index contributed by atoms with van der Waals surface area (Å²) < 4.78 is 36.2. The van der Waals surface area contributed by atoms with Crippen molar-refractivity contribution in [1.29, 1.82) is 0 Å². The van der Waals surface area contributed by atoms with E-state index in [1.54, 1.807) is 6.92 Å². The zero-order valence-electron chi connectivity index (χ0n) is 7.67. The summed E-state index contributed by atoms with van der Waals surface area (Å²) in [4.78, 5) is 0. The highest BCUT2D eigenvalue weighted by molar-refractivity contribution is 14.1. The number of rotatable bonds is 2. The Hall–Kier alpha value is 0.520. The first kappa shape index (κ1) is 12.5. The predicted octanol–water partition coefficient (Wildman–Crippen LogP) is 4.03. The smallest absolute Gasteiger partial charge is 0.171 e. The Kier molecular flexibility index (Phi) is 3.88. The van der Waals surface area contributed by atoms with E-state index in [-0.39, 0.29) is 5.92 Å². The number of hydrogen-bond acceptors (Lipinski definition) is 0. The van der Waals surface area contributed by atoms with E-state index in [0.717, 1.165) is 0 Å². The summed E-state index contributed by atoms with van der Waals surface area (Å²) in [6.07, 6.45) is -4.08. The third-order valence-corrected chi connectivity index (χ3v) is 4.65. The van der Waals surface area contributed by atoms with Crippen molar-refractivity contribution in [3.8, 4) is 0 Å². The third-order valence-electron chi connectivity index (χ3n) is 2.47. The highest BCUT2D eigenvalue weighted by atomic mass is 127. The van der Waals surface area contributed by atoms with E-state index >= 15 is 0 Å². The minimum absolute atomic E-state index is 0.0229. The van der Waals surface area contributed by atoms with Crippen molar-refractivity contribution in [3.05, 3.63) is 0 Å². The van der Waals surface area contributed by atoms with Crippen LogP contribution in [0.3, 0.4) is 0 Å². The largest absolute Gasteiger partial charge is 0.392 e. The zero-order valence-corrected chi connectivity index (χ0v) is 9.82. The van der Waals surface area contributed by atoms with E-state index in [0.29, 0.717) is 0 Å². The van der Waals surface area contributed by atoms with Gasteiger partial charge in [-0.15, -0.1) is 0 Å². The van der Waals surface area contributed by atoms with Gasteiger partial charge in [-0.1, -0.05) is 43.4 Å². The maximum Gasteiger partial charge on any atom is 0.392 e. The Morgan fingerprint density at radius 3 is 1.50 bits per heavy atom. The van der Waals surface area contributed by atoms with Crippen LogP contribution in [-0.4, -0.2) is 9.60 Å². The molecule has 0 heterocycles. The molecule has 0 N–H and O–H groups in total. The van der Waals surface area contributed by atoms with Gasteiger partial charge in [0, 0.05) is 3.42 Å². The van der Waals surface area contributed by atoms with E-state index in [2.05, 4.69) is 0 Å². The van der Waals surface area contributed by atoms with Gasteiger partial charge in [-0.05, 0) is 12.8 Å². The van der Waals surface area contributed by atoms with Crippen molar-refractivity contribution in [2.45, 2.75) is 37.3 Å². The van der Waals surface area contributed by atoms with Gasteiger partial charge < -0.3 is 0 Å². The van der Waals surface area contributed by atoms with Crippen molar-refractivity contribution in [1.82, 2.24) is 0 Å². The van der Waals surface area contributed by atoms with Gasteiger partial charge >= 0.3 is 6.18 Å². The summed E-state index contributed by atoms with van der Waals surface area (Å²) in [5.41, 5.74) is 0. The molecule has 0 spiro atoms. The van der Waals surface area contributed by atoms with Gasteiger partial charge in [-0.2, -0.15) is 13.2 Å². The Labute approximate surface area is 85.1 Å². The molecule has 0 nitrogen and oxygen atoms in total. The lowest BCUT2D eigenvalue weighted by Gasteiger charge is -2.34. The van der Waals surface area contributed by atoms with Crippen molar-refractivity contribution in [3.63, 3.8) is 0 Å². The fraction of sp³-hybridized carbons (Fsp3) is 1.00. The van der Waals surface area contributed by atoms with Crippen molar-refractivity contribution in [2.24, 2.45) is 11.8 Å². The molecule has 0 aromatic heterocycles. The molecule has 4 heteroatoms. The highest BCUT2D eigenvalue weighted by Gasteiger charge is 2.47. The molecule has 0 bridgehead atoms. The van der Waals surface area contributed by atoms with Gasteiger partial charge in [0.1, 0.15) is 0 Å². The fourth-order valence-electron chi connectivity index (χ4n) is 0.820. The van der Waals surface area contributed by atoms with Crippen LogP contribution in [0.4, 0.5) is 13.2 Å². The minimum atomic E-state index is -4.08. The molecule has 74 valence electrons. The van der Waals surface area contributed by atoms with Gasteiger partial charge in [0.2, 0.25) is 0 Å². The van der Waals surface area contributed by atoms with Crippen LogP contribution < -0.4 is 0 Å². The van der Waals surface area contributed by atoms with E-state index in [1.807, 2.05) is 36.4 Å². The number of hydrogen-bond donors (Lipinski definition) is 0. The first-order valence-electron chi connectivity index (χ1n) is 3.85. The lowest BCUT2D eigenvalue weighted by atomic mass is 9.86. The molecule has 0 aliphatic carbocycles. The van der Waals surface area contributed by atoms with Crippen LogP contribution in [0.1, 0.15) is 27.7 Å².